The minimum atomic E-state index is -0.724. The summed E-state index contributed by atoms with van der Waals surface area (Å²) in [5, 5.41) is 27.0. The van der Waals surface area contributed by atoms with Gasteiger partial charge in [-0.3, -0.25) is 9.78 Å². The fraction of sp³-hybridized carbons (Fsp3) is 0.269. The molecule has 0 atom stereocenters. The maximum Gasteiger partial charge on any atom is 0.270 e. The van der Waals surface area contributed by atoms with Gasteiger partial charge in [0.1, 0.15) is 11.4 Å². The number of nitrogens with one attached hydrogen (secondary N) is 1. The van der Waals surface area contributed by atoms with Gasteiger partial charge in [-0.15, -0.1) is 0 Å². The summed E-state index contributed by atoms with van der Waals surface area (Å²) in [7, 11) is 0. The number of rotatable bonds is 4. The third-order valence-electron chi connectivity index (χ3n) is 6.06. The van der Waals surface area contributed by atoms with Gasteiger partial charge >= 0.3 is 0 Å². The van der Waals surface area contributed by atoms with E-state index in [4.69, 9.17) is 5.10 Å². The van der Waals surface area contributed by atoms with E-state index in [1.54, 1.807) is 35.8 Å². The summed E-state index contributed by atoms with van der Waals surface area (Å²) in [5.74, 6) is -0.287. The third kappa shape index (κ3) is 4.02. The Balaban J connectivity index is 1.64. The van der Waals surface area contributed by atoms with Crippen LogP contribution in [0.25, 0.3) is 28.0 Å². The Bertz CT molecular complexity index is 1450. The molecule has 0 saturated heterocycles. The Morgan fingerprint density at radius 3 is 2.56 bits per heavy atom. The maximum absolute atomic E-state index is 12.9. The molecular weight excluding hydrogens is 428 g/mol. The molecule has 0 bridgehead atoms. The molecule has 5 rings (SSSR count). The van der Waals surface area contributed by atoms with Gasteiger partial charge in [0, 0.05) is 29.2 Å². The second-order valence-corrected chi connectivity index (χ2v) is 9.21. The lowest BCUT2D eigenvalue weighted by Gasteiger charge is -2.41. The van der Waals surface area contributed by atoms with Crippen LogP contribution in [-0.2, 0) is 0 Å². The van der Waals surface area contributed by atoms with Crippen molar-refractivity contribution < 1.29 is 9.90 Å². The van der Waals surface area contributed by atoms with Crippen molar-refractivity contribution in [3.8, 4) is 28.5 Å². The van der Waals surface area contributed by atoms with Crippen LogP contribution >= 0.6 is 0 Å². The molecule has 1 aliphatic rings. The summed E-state index contributed by atoms with van der Waals surface area (Å²) in [6.45, 7) is 5.62. The fourth-order valence-corrected chi connectivity index (χ4v) is 4.60. The van der Waals surface area contributed by atoms with E-state index in [1.165, 1.54) is 0 Å². The van der Waals surface area contributed by atoms with Gasteiger partial charge in [-0.25, -0.2) is 9.50 Å². The fourth-order valence-electron chi connectivity index (χ4n) is 4.60. The Morgan fingerprint density at radius 2 is 1.88 bits per heavy atom. The van der Waals surface area contributed by atoms with Gasteiger partial charge in [-0.05, 0) is 69.5 Å². The van der Waals surface area contributed by atoms with Crippen molar-refractivity contribution in [3.63, 3.8) is 0 Å². The first-order valence-corrected chi connectivity index (χ1v) is 11.1. The van der Waals surface area contributed by atoms with Crippen LogP contribution in [0.5, 0.6) is 0 Å². The molecule has 1 amide bonds. The van der Waals surface area contributed by atoms with Crippen LogP contribution in [0.1, 0.15) is 47.2 Å². The molecular formula is C26H24N6O2. The normalized spacial score (nSPS) is 19.4. The van der Waals surface area contributed by atoms with Gasteiger partial charge in [0.15, 0.2) is 5.65 Å². The average Bonchev–Trinajstić information content (AvgIpc) is 3.16. The number of carbonyl (C=O) groups excluding carboxylic acids is 1. The lowest BCUT2D eigenvalue weighted by atomic mass is 9.77. The molecule has 8 heteroatoms. The second kappa shape index (κ2) is 8.04. The predicted octanol–water partition coefficient (Wildman–Crippen LogP) is 3.59. The van der Waals surface area contributed by atoms with Crippen LogP contribution in [0, 0.1) is 25.2 Å². The number of aliphatic hydroxyl groups is 1. The number of nitriles is 1. The minimum absolute atomic E-state index is 0.0697. The number of hydrogen-bond acceptors (Lipinski definition) is 6. The number of benzene rings is 1. The Kier molecular flexibility index (Phi) is 5.14. The number of nitrogens with zero attached hydrogens (tertiary/aromatic N) is 5. The number of fused-ring (bicyclic) bond motifs is 1. The lowest BCUT2D eigenvalue weighted by molar-refractivity contribution is -0.0367. The van der Waals surface area contributed by atoms with Crippen LogP contribution in [0.3, 0.4) is 0 Å². The summed E-state index contributed by atoms with van der Waals surface area (Å²) in [6.07, 6.45) is 2.76. The molecule has 34 heavy (non-hydrogen) atoms. The summed E-state index contributed by atoms with van der Waals surface area (Å²) >= 11 is 0. The molecule has 1 saturated carbocycles. The van der Waals surface area contributed by atoms with Gasteiger partial charge in [0.05, 0.1) is 22.8 Å². The Labute approximate surface area is 196 Å². The van der Waals surface area contributed by atoms with E-state index in [-0.39, 0.29) is 17.6 Å². The molecule has 8 nitrogen and oxygen atoms in total. The van der Waals surface area contributed by atoms with Crippen LogP contribution < -0.4 is 5.32 Å². The SMILES string of the molecule is Cc1cc(-c2c(-c3cccc(C#N)c3)nn3ccc(C(=O)N[C@H]4C[C@](C)(O)C4)nc23)cc(C)n1. The highest BCUT2D eigenvalue weighted by Gasteiger charge is 2.39. The van der Waals surface area contributed by atoms with Crippen LogP contribution in [-0.4, -0.2) is 42.2 Å². The average molecular weight is 453 g/mol. The van der Waals surface area contributed by atoms with Gasteiger partial charge < -0.3 is 10.4 Å². The molecule has 1 aliphatic carbocycles. The third-order valence-corrected chi connectivity index (χ3v) is 6.06. The number of pyridine rings is 1. The van der Waals surface area contributed by atoms with Crippen molar-refractivity contribution in [2.24, 2.45) is 0 Å². The largest absolute Gasteiger partial charge is 0.390 e. The van der Waals surface area contributed by atoms with E-state index >= 15 is 0 Å². The van der Waals surface area contributed by atoms with Gasteiger partial charge in [0.25, 0.3) is 5.91 Å². The van der Waals surface area contributed by atoms with E-state index < -0.39 is 5.60 Å². The van der Waals surface area contributed by atoms with E-state index in [0.717, 1.165) is 28.1 Å². The zero-order chi connectivity index (χ0) is 24.0. The topological polar surface area (TPSA) is 116 Å². The van der Waals surface area contributed by atoms with Gasteiger partial charge in [-0.1, -0.05) is 12.1 Å². The van der Waals surface area contributed by atoms with Crippen molar-refractivity contribution in [1.82, 2.24) is 24.9 Å². The standard InChI is InChI=1S/C26H24N6O2/c1-15-9-19(10-16(2)28-15)22-23(18-6-4-5-17(11-18)14-27)31-32-8-7-21(30-24(22)32)25(33)29-20-12-26(3,34)13-20/h4-11,20,34H,12-13H2,1-3H3,(H,29,33)/t20-,26-. The number of carbonyl (C=O) groups is 1. The number of aromatic nitrogens is 4. The zero-order valence-electron chi connectivity index (χ0n) is 19.2. The smallest absolute Gasteiger partial charge is 0.270 e. The molecule has 1 fully saturated rings. The molecule has 2 N–H and O–H groups in total. The monoisotopic (exact) mass is 452 g/mol. The highest BCUT2D eigenvalue weighted by atomic mass is 16.3. The number of amides is 1. The highest BCUT2D eigenvalue weighted by molar-refractivity contribution is 5.95. The zero-order valence-corrected chi connectivity index (χ0v) is 19.2. The van der Waals surface area contributed by atoms with E-state index in [1.807, 2.05) is 38.1 Å². The van der Waals surface area contributed by atoms with Crippen LogP contribution in [0.4, 0.5) is 0 Å². The first-order valence-electron chi connectivity index (χ1n) is 11.1. The lowest BCUT2D eigenvalue weighted by Crippen LogP contribution is -2.53. The van der Waals surface area contributed by atoms with Gasteiger partial charge in [-0.2, -0.15) is 10.4 Å². The molecule has 1 aromatic carbocycles. The molecule has 4 aromatic rings. The van der Waals surface area contributed by atoms with Crippen molar-refractivity contribution in [1.29, 1.82) is 5.26 Å². The molecule has 0 aliphatic heterocycles. The highest BCUT2D eigenvalue weighted by Crippen LogP contribution is 2.35. The van der Waals surface area contributed by atoms with Gasteiger partial charge in [0.2, 0.25) is 0 Å². The van der Waals surface area contributed by atoms with E-state index in [9.17, 15) is 15.2 Å². The number of aryl methyl sites for hydroxylation is 2. The summed E-state index contributed by atoms with van der Waals surface area (Å²) < 4.78 is 1.65. The van der Waals surface area contributed by atoms with Crippen LogP contribution in [0.15, 0.2) is 48.7 Å². The maximum atomic E-state index is 12.9. The molecule has 0 spiro atoms. The molecule has 0 unspecified atom stereocenters. The summed E-state index contributed by atoms with van der Waals surface area (Å²) in [5.41, 5.74) is 5.45. The second-order valence-electron chi connectivity index (χ2n) is 9.21. The quantitative estimate of drug-likeness (QED) is 0.489. The van der Waals surface area contributed by atoms with E-state index in [2.05, 4.69) is 21.4 Å². The first-order chi connectivity index (χ1) is 16.2. The Morgan fingerprint density at radius 1 is 1.15 bits per heavy atom. The number of hydrogen-bond donors (Lipinski definition) is 2. The molecule has 3 heterocycles. The molecule has 3 aromatic heterocycles. The van der Waals surface area contributed by atoms with Crippen molar-refractivity contribution >= 4 is 11.6 Å². The van der Waals surface area contributed by atoms with Crippen molar-refractivity contribution in [2.45, 2.75) is 45.3 Å². The van der Waals surface area contributed by atoms with Crippen molar-refractivity contribution in [3.05, 3.63) is 71.3 Å². The molecule has 170 valence electrons. The first kappa shape index (κ1) is 21.7. The summed E-state index contributed by atoms with van der Waals surface area (Å²) in [6, 6.07) is 14.9. The van der Waals surface area contributed by atoms with Crippen LogP contribution in [0.2, 0.25) is 0 Å². The molecule has 0 radical (unpaired) electrons. The predicted molar refractivity (Wildman–Crippen MR) is 127 cm³/mol. The van der Waals surface area contributed by atoms with Crippen molar-refractivity contribution in [2.75, 3.05) is 0 Å². The van der Waals surface area contributed by atoms with E-state index in [0.29, 0.717) is 29.7 Å². The summed E-state index contributed by atoms with van der Waals surface area (Å²) in [4.78, 5) is 22.1. The minimum Gasteiger partial charge on any atom is -0.390 e. The Hall–Kier alpha value is -4.09.